The summed E-state index contributed by atoms with van der Waals surface area (Å²) in [6.45, 7) is 2.97. The second-order valence-electron chi connectivity index (χ2n) is 8.55. The first-order valence-corrected chi connectivity index (χ1v) is 10.5. The molecule has 1 amide bonds. The molecule has 2 saturated heterocycles. The van der Waals surface area contributed by atoms with Gasteiger partial charge in [0, 0.05) is 54.7 Å². The van der Waals surface area contributed by atoms with E-state index in [4.69, 9.17) is 0 Å². The third-order valence-electron chi connectivity index (χ3n) is 6.51. The van der Waals surface area contributed by atoms with Crippen LogP contribution in [0.15, 0.2) is 36.7 Å². The zero-order valence-corrected chi connectivity index (χ0v) is 17.2. The van der Waals surface area contributed by atoms with Gasteiger partial charge in [0.1, 0.15) is 17.3 Å². The molecule has 0 unspecified atom stereocenters. The summed E-state index contributed by atoms with van der Waals surface area (Å²) in [5.74, 6) is -1.92. The van der Waals surface area contributed by atoms with E-state index in [0.29, 0.717) is 24.2 Å². The Labute approximate surface area is 182 Å². The van der Waals surface area contributed by atoms with Crippen molar-refractivity contribution in [2.75, 3.05) is 19.6 Å². The number of nitrogens with one attached hydrogen (secondary N) is 1. The normalized spacial score (nSPS) is 21.0. The van der Waals surface area contributed by atoms with Crippen molar-refractivity contribution < 1.29 is 23.5 Å². The monoisotopic (exact) mass is 440 g/mol. The second-order valence-corrected chi connectivity index (χ2v) is 8.55. The number of piperidine rings is 1. The van der Waals surface area contributed by atoms with Crippen molar-refractivity contribution in [2.45, 2.75) is 19.5 Å². The lowest BCUT2D eigenvalue weighted by Gasteiger charge is -2.33. The van der Waals surface area contributed by atoms with E-state index in [9.17, 15) is 23.5 Å². The van der Waals surface area contributed by atoms with Crippen molar-refractivity contribution in [3.8, 4) is 0 Å². The average molecular weight is 440 g/mol. The van der Waals surface area contributed by atoms with Crippen LogP contribution in [0.5, 0.6) is 0 Å². The lowest BCUT2D eigenvalue weighted by atomic mass is 9.88. The quantitative estimate of drug-likeness (QED) is 0.637. The Kier molecular flexibility index (Phi) is 5.13. The van der Waals surface area contributed by atoms with Gasteiger partial charge in [-0.2, -0.15) is 0 Å². The lowest BCUT2D eigenvalue weighted by Crippen LogP contribution is -2.40. The van der Waals surface area contributed by atoms with Gasteiger partial charge in [-0.25, -0.2) is 18.6 Å². The molecule has 2 aliphatic rings. The van der Waals surface area contributed by atoms with Crippen LogP contribution in [0.4, 0.5) is 8.78 Å². The van der Waals surface area contributed by atoms with Crippen LogP contribution < -0.4 is 5.32 Å². The highest BCUT2D eigenvalue weighted by Crippen LogP contribution is 2.30. The number of amides is 1. The number of aromatic nitrogens is 2. The fourth-order valence-electron chi connectivity index (χ4n) is 4.88. The molecule has 1 aromatic carbocycles. The van der Waals surface area contributed by atoms with Crippen molar-refractivity contribution in [2.24, 2.45) is 11.8 Å². The Hall–Kier alpha value is -3.33. The van der Waals surface area contributed by atoms with Crippen LogP contribution >= 0.6 is 0 Å². The topological polar surface area (TPSA) is 87.5 Å². The third kappa shape index (κ3) is 3.73. The fourth-order valence-corrected chi connectivity index (χ4v) is 4.88. The molecule has 2 fully saturated rings. The zero-order valence-electron chi connectivity index (χ0n) is 17.2. The molecule has 2 aliphatic heterocycles. The maximum absolute atomic E-state index is 14.3. The molecule has 2 aromatic heterocycles. The van der Waals surface area contributed by atoms with Gasteiger partial charge in [0.2, 0.25) is 5.91 Å². The summed E-state index contributed by atoms with van der Waals surface area (Å²) in [6.07, 6.45) is 4.15. The number of carboxylic acids is 1. The number of hydrogen-bond donors (Lipinski definition) is 2. The van der Waals surface area contributed by atoms with E-state index in [1.807, 2.05) is 10.8 Å². The van der Waals surface area contributed by atoms with Gasteiger partial charge in [-0.05, 0) is 30.7 Å². The molecule has 9 heteroatoms. The summed E-state index contributed by atoms with van der Waals surface area (Å²) in [7, 11) is 0. The van der Waals surface area contributed by atoms with Gasteiger partial charge in [0.25, 0.3) is 0 Å². The molecule has 0 aliphatic carbocycles. The minimum atomic E-state index is -1.12. The summed E-state index contributed by atoms with van der Waals surface area (Å²) in [4.78, 5) is 29.7. The number of hydrogen-bond acceptors (Lipinski definition) is 4. The highest BCUT2D eigenvalue weighted by molar-refractivity contribution is 5.92. The molecule has 2 atom stereocenters. The Balaban J connectivity index is 1.47. The largest absolute Gasteiger partial charge is 0.477 e. The predicted molar refractivity (Wildman–Crippen MR) is 112 cm³/mol. The summed E-state index contributed by atoms with van der Waals surface area (Å²) < 4.78 is 29.4. The molecule has 32 heavy (non-hydrogen) atoms. The van der Waals surface area contributed by atoms with Crippen LogP contribution in [-0.4, -0.2) is 51.1 Å². The molecular formula is C23H22F2N4O3. The van der Waals surface area contributed by atoms with Crippen molar-refractivity contribution in [1.29, 1.82) is 0 Å². The molecule has 5 rings (SSSR count). The molecule has 0 bridgehead atoms. The van der Waals surface area contributed by atoms with Gasteiger partial charge in [-0.3, -0.25) is 9.69 Å². The van der Waals surface area contributed by atoms with Crippen LogP contribution in [-0.2, 0) is 17.9 Å². The van der Waals surface area contributed by atoms with E-state index >= 15 is 0 Å². The number of rotatable bonds is 5. The van der Waals surface area contributed by atoms with Gasteiger partial charge >= 0.3 is 5.97 Å². The fraction of sp³-hybridized carbons (Fsp3) is 0.348. The molecule has 0 radical (unpaired) electrons. The molecule has 7 nitrogen and oxygen atoms in total. The van der Waals surface area contributed by atoms with E-state index in [0.717, 1.165) is 36.5 Å². The first-order valence-electron chi connectivity index (χ1n) is 10.5. The molecule has 166 valence electrons. The number of aromatic carboxylic acids is 1. The smallest absolute Gasteiger partial charge is 0.354 e. The predicted octanol–water partition coefficient (Wildman–Crippen LogP) is 2.63. The van der Waals surface area contributed by atoms with Crippen molar-refractivity contribution in [3.63, 3.8) is 0 Å². The van der Waals surface area contributed by atoms with Crippen molar-refractivity contribution in [1.82, 2.24) is 19.8 Å². The third-order valence-corrected chi connectivity index (χ3v) is 6.51. The van der Waals surface area contributed by atoms with E-state index in [-0.39, 0.29) is 30.0 Å². The first kappa shape index (κ1) is 20.6. The Bertz CT molecular complexity index is 1230. The summed E-state index contributed by atoms with van der Waals surface area (Å²) >= 11 is 0. The summed E-state index contributed by atoms with van der Waals surface area (Å²) in [5, 5.41) is 13.1. The summed E-state index contributed by atoms with van der Waals surface area (Å²) in [6, 6.07) is 5.01. The number of pyridine rings is 1. The van der Waals surface area contributed by atoms with Crippen LogP contribution in [0.2, 0.25) is 0 Å². The van der Waals surface area contributed by atoms with Crippen LogP contribution in [0.3, 0.4) is 0 Å². The Morgan fingerprint density at radius 1 is 1.22 bits per heavy atom. The maximum Gasteiger partial charge on any atom is 0.354 e. The minimum Gasteiger partial charge on any atom is -0.477 e. The van der Waals surface area contributed by atoms with Gasteiger partial charge in [0.15, 0.2) is 0 Å². The van der Waals surface area contributed by atoms with Crippen LogP contribution in [0.25, 0.3) is 10.9 Å². The van der Waals surface area contributed by atoms with Crippen molar-refractivity contribution >= 4 is 22.8 Å². The molecule has 4 heterocycles. The number of fused-ring (bicyclic) bond motifs is 2. The van der Waals surface area contributed by atoms with Gasteiger partial charge in [-0.1, -0.05) is 6.07 Å². The highest BCUT2D eigenvalue weighted by Gasteiger charge is 2.38. The number of likely N-dealkylation sites (tertiary alicyclic amines) is 1. The molecule has 0 saturated carbocycles. The van der Waals surface area contributed by atoms with Crippen LogP contribution in [0.1, 0.15) is 28.0 Å². The number of halogens is 2. The summed E-state index contributed by atoms with van der Waals surface area (Å²) in [5.41, 5.74) is 1.85. The Morgan fingerprint density at radius 2 is 2.06 bits per heavy atom. The second kappa shape index (κ2) is 7.98. The molecule has 3 aromatic rings. The number of carbonyl (C=O) groups excluding carboxylic acids is 1. The number of benzene rings is 1. The lowest BCUT2D eigenvalue weighted by molar-refractivity contribution is -0.124. The van der Waals surface area contributed by atoms with Crippen LogP contribution in [0, 0.1) is 23.5 Å². The highest BCUT2D eigenvalue weighted by atomic mass is 19.1. The molecule has 2 N–H and O–H groups in total. The average Bonchev–Trinajstić information content (AvgIpc) is 3.30. The SMILES string of the molecule is O=C(O)c1cc2c(CN3CC[C@@H]4C(=O)NC[C@@H]4C3)cn(Cc3ccc(F)cc3F)c2cn1. The van der Waals surface area contributed by atoms with E-state index in [1.54, 1.807) is 0 Å². The van der Waals surface area contributed by atoms with E-state index < -0.39 is 17.6 Å². The Morgan fingerprint density at radius 3 is 2.84 bits per heavy atom. The van der Waals surface area contributed by atoms with Gasteiger partial charge in [-0.15, -0.1) is 0 Å². The maximum atomic E-state index is 14.3. The number of nitrogens with zero attached hydrogens (tertiary/aromatic N) is 3. The zero-order chi connectivity index (χ0) is 22.4. The standard InChI is InChI=1S/C23H22F2N4O3/c24-16-2-1-13(19(25)5-16)11-29-12-15(18-6-20(23(31)32)26-8-21(18)29)10-28-4-3-17-14(9-28)7-27-22(17)30/h1-2,5-6,8,12,14,17H,3-4,7,9-11H2,(H,27,30)(H,31,32)/t14-,17+/m1/s1. The minimum absolute atomic E-state index is 0.0613. The van der Waals surface area contributed by atoms with E-state index in [1.165, 1.54) is 24.4 Å². The number of carbonyl (C=O) groups is 2. The first-order chi connectivity index (χ1) is 15.4. The van der Waals surface area contributed by atoms with Gasteiger partial charge in [0.05, 0.1) is 18.3 Å². The van der Waals surface area contributed by atoms with Gasteiger partial charge < -0.3 is 15.0 Å². The van der Waals surface area contributed by atoms with E-state index in [2.05, 4.69) is 15.2 Å². The van der Waals surface area contributed by atoms with Crippen molar-refractivity contribution in [3.05, 3.63) is 65.1 Å². The molecular weight excluding hydrogens is 418 g/mol. The molecule has 0 spiro atoms. The number of carboxylic acid groups (broad SMARTS) is 1.